The van der Waals surface area contributed by atoms with Gasteiger partial charge in [-0.3, -0.25) is 0 Å². The lowest BCUT2D eigenvalue weighted by Crippen LogP contribution is -2.06. The van der Waals surface area contributed by atoms with Crippen molar-refractivity contribution in [2.45, 2.75) is 58.0 Å². The molecule has 0 bridgehead atoms. The Morgan fingerprint density at radius 3 is 2.09 bits per heavy atom. The molecule has 0 aliphatic heterocycles. The molecule has 1 saturated carbocycles. The van der Waals surface area contributed by atoms with Crippen LogP contribution in [0.15, 0.2) is 16.5 Å². The molecule has 3 rings (SSSR count). The van der Waals surface area contributed by atoms with E-state index in [9.17, 15) is 13.2 Å². The minimum absolute atomic E-state index is 0.0217. The minimum atomic E-state index is -4.50. The van der Waals surface area contributed by atoms with E-state index in [1.807, 2.05) is 0 Å². The minimum Gasteiger partial charge on any atom is -0.440 e. The van der Waals surface area contributed by atoms with Crippen LogP contribution in [-0.4, -0.2) is 4.98 Å². The highest BCUT2D eigenvalue weighted by atomic mass is 19.4. The van der Waals surface area contributed by atoms with Gasteiger partial charge < -0.3 is 10.2 Å². The topological polar surface area (TPSA) is 52.0 Å². The number of nitrogens with two attached hydrogens (primary N) is 1. The molecule has 6 heteroatoms. The zero-order valence-electron chi connectivity index (χ0n) is 12.8. The summed E-state index contributed by atoms with van der Waals surface area (Å²) in [5.74, 6) is 0.195. The van der Waals surface area contributed by atoms with Gasteiger partial charge in [-0.1, -0.05) is 46.0 Å². The van der Waals surface area contributed by atoms with Gasteiger partial charge in [0, 0.05) is 11.6 Å². The summed E-state index contributed by atoms with van der Waals surface area (Å²) in [4.78, 5) is 4.00. The molecule has 22 heavy (non-hydrogen) atoms. The molecule has 0 unspecified atom stereocenters. The smallest absolute Gasteiger partial charge is 0.420 e. The molecule has 1 fully saturated rings. The lowest BCUT2D eigenvalue weighted by molar-refractivity contribution is -0.136. The number of anilines is 1. The number of hydrogen-bond acceptors (Lipinski definition) is 3. The maximum absolute atomic E-state index is 12.8. The normalized spacial score (nSPS) is 15.2. The van der Waals surface area contributed by atoms with Crippen molar-refractivity contribution < 1.29 is 17.6 Å². The second kappa shape index (κ2) is 6.58. The Bertz CT molecular complexity index is 620. The molecule has 0 spiro atoms. The summed E-state index contributed by atoms with van der Waals surface area (Å²) >= 11 is 0. The molecule has 1 aromatic heterocycles. The summed E-state index contributed by atoms with van der Waals surface area (Å²) < 4.78 is 43.4. The lowest BCUT2D eigenvalue weighted by atomic mass is 10.1. The maximum atomic E-state index is 12.8. The van der Waals surface area contributed by atoms with Gasteiger partial charge in [0.1, 0.15) is 11.1 Å². The number of nitrogens with zero attached hydrogens (tertiary/aromatic N) is 1. The van der Waals surface area contributed by atoms with Crippen molar-refractivity contribution in [1.82, 2.24) is 4.98 Å². The molecular weight excluding hydrogens is 293 g/mol. The molecule has 2 aromatic rings. The molecule has 1 aliphatic carbocycles. The van der Waals surface area contributed by atoms with Crippen LogP contribution >= 0.6 is 0 Å². The fraction of sp³-hybridized carbons (Fsp3) is 0.562. The van der Waals surface area contributed by atoms with Gasteiger partial charge in [-0.2, -0.15) is 13.2 Å². The molecule has 1 aliphatic rings. The summed E-state index contributed by atoms with van der Waals surface area (Å²) in [6, 6.07) is 2.23. The van der Waals surface area contributed by atoms with Crippen LogP contribution in [0.4, 0.5) is 18.9 Å². The van der Waals surface area contributed by atoms with Crippen molar-refractivity contribution >= 4 is 16.8 Å². The van der Waals surface area contributed by atoms with Crippen LogP contribution in [0, 0.1) is 0 Å². The Morgan fingerprint density at radius 2 is 1.64 bits per heavy atom. The predicted octanol–water partition coefficient (Wildman–Crippen LogP) is 5.50. The number of alkyl halides is 3. The predicted molar refractivity (Wildman–Crippen MR) is 80.6 cm³/mol. The fourth-order valence-electron chi connectivity index (χ4n) is 2.41. The van der Waals surface area contributed by atoms with Crippen molar-refractivity contribution in [2.24, 2.45) is 0 Å². The number of aromatic nitrogens is 1. The van der Waals surface area contributed by atoms with Crippen LogP contribution < -0.4 is 5.73 Å². The highest BCUT2D eigenvalue weighted by molar-refractivity contribution is 5.81. The van der Waals surface area contributed by atoms with Crippen LogP contribution in [0.2, 0.25) is 0 Å². The summed E-state index contributed by atoms with van der Waals surface area (Å²) in [5, 5.41) is 0. The van der Waals surface area contributed by atoms with Gasteiger partial charge >= 0.3 is 6.18 Å². The second-order valence-corrected chi connectivity index (χ2v) is 5.89. The Kier molecular flexibility index (Phi) is 4.98. The zero-order valence-corrected chi connectivity index (χ0v) is 12.8. The van der Waals surface area contributed by atoms with Gasteiger partial charge in [0.05, 0.1) is 0 Å². The largest absolute Gasteiger partial charge is 0.440 e. The van der Waals surface area contributed by atoms with E-state index >= 15 is 0 Å². The average molecular weight is 314 g/mol. The third-order valence-corrected chi connectivity index (χ3v) is 3.58. The molecule has 1 aromatic carbocycles. The number of benzene rings is 1. The SMILES string of the molecule is C1CCCC1.CC(C)c1nc2cc(N)cc(C(F)(F)F)c2o1. The van der Waals surface area contributed by atoms with E-state index in [1.165, 1.54) is 38.2 Å². The highest BCUT2D eigenvalue weighted by Crippen LogP contribution is 2.37. The van der Waals surface area contributed by atoms with E-state index in [1.54, 1.807) is 13.8 Å². The average Bonchev–Trinajstić information content (AvgIpc) is 3.08. The van der Waals surface area contributed by atoms with Gasteiger partial charge in [-0.15, -0.1) is 0 Å². The van der Waals surface area contributed by atoms with Gasteiger partial charge in [0.25, 0.3) is 0 Å². The van der Waals surface area contributed by atoms with Gasteiger partial charge in [0.15, 0.2) is 11.5 Å². The van der Waals surface area contributed by atoms with Crippen molar-refractivity contribution in [3.63, 3.8) is 0 Å². The van der Waals surface area contributed by atoms with Crippen molar-refractivity contribution in [3.8, 4) is 0 Å². The molecule has 122 valence electrons. The molecule has 2 N–H and O–H groups in total. The molecule has 3 nitrogen and oxygen atoms in total. The Labute approximate surface area is 127 Å². The van der Waals surface area contributed by atoms with E-state index in [2.05, 4.69) is 4.98 Å². The molecule has 0 amide bonds. The quantitative estimate of drug-likeness (QED) is 0.707. The van der Waals surface area contributed by atoms with E-state index in [0.717, 1.165) is 6.07 Å². The Balaban J connectivity index is 0.000000299. The van der Waals surface area contributed by atoms with Crippen molar-refractivity contribution in [1.29, 1.82) is 0 Å². The number of halogens is 3. The van der Waals surface area contributed by atoms with Gasteiger partial charge in [0.2, 0.25) is 0 Å². The van der Waals surface area contributed by atoms with Crippen LogP contribution in [0.25, 0.3) is 11.1 Å². The van der Waals surface area contributed by atoms with Gasteiger partial charge in [-0.05, 0) is 12.1 Å². The standard InChI is InChI=1S/C11H11F3N2O.C5H10/c1-5(2)10-16-8-4-6(15)3-7(9(8)17-10)11(12,13)14;1-2-4-5-3-1/h3-5H,15H2,1-2H3;1-5H2. The molecule has 0 atom stereocenters. The first-order valence-electron chi connectivity index (χ1n) is 7.56. The molecule has 0 radical (unpaired) electrons. The summed E-state index contributed by atoms with van der Waals surface area (Å²) in [6.07, 6.45) is 3.00. The lowest BCUT2D eigenvalue weighted by Gasteiger charge is -2.07. The maximum Gasteiger partial charge on any atom is 0.420 e. The number of fused-ring (bicyclic) bond motifs is 1. The first kappa shape index (κ1) is 16.6. The van der Waals surface area contributed by atoms with E-state index < -0.39 is 11.7 Å². The fourth-order valence-corrected chi connectivity index (χ4v) is 2.41. The number of rotatable bonds is 1. The second-order valence-electron chi connectivity index (χ2n) is 5.89. The summed E-state index contributed by atoms with van der Waals surface area (Å²) in [6.45, 7) is 3.59. The van der Waals surface area contributed by atoms with Crippen LogP contribution in [0.3, 0.4) is 0 Å². The third kappa shape index (κ3) is 3.93. The zero-order chi connectivity index (χ0) is 16.3. The van der Waals surface area contributed by atoms with Crippen LogP contribution in [0.1, 0.15) is 63.3 Å². The van der Waals surface area contributed by atoms with Crippen molar-refractivity contribution in [2.75, 3.05) is 5.73 Å². The highest BCUT2D eigenvalue weighted by Gasteiger charge is 2.35. The van der Waals surface area contributed by atoms with E-state index in [-0.39, 0.29) is 28.6 Å². The molecule has 0 saturated heterocycles. The number of hydrogen-bond donors (Lipinski definition) is 1. The van der Waals surface area contributed by atoms with Crippen LogP contribution in [-0.2, 0) is 6.18 Å². The Hall–Kier alpha value is -1.72. The van der Waals surface area contributed by atoms with Crippen LogP contribution in [0.5, 0.6) is 0 Å². The van der Waals surface area contributed by atoms with E-state index in [4.69, 9.17) is 10.2 Å². The molecule has 1 heterocycles. The first-order chi connectivity index (χ1) is 10.3. The number of oxazole rings is 1. The number of nitrogen functional groups attached to an aromatic ring is 1. The Morgan fingerprint density at radius 1 is 1.09 bits per heavy atom. The third-order valence-electron chi connectivity index (χ3n) is 3.58. The first-order valence-corrected chi connectivity index (χ1v) is 7.56. The summed E-state index contributed by atoms with van der Waals surface area (Å²) in [5.41, 5.74) is 4.45. The van der Waals surface area contributed by atoms with Crippen molar-refractivity contribution in [3.05, 3.63) is 23.6 Å². The van der Waals surface area contributed by atoms with E-state index in [0.29, 0.717) is 0 Å². The monoisotopic (exact) mass is 314 g/mol. The molecular formula is C16H21F3N2O. The van der Waals surface area contributed by atoms with Gasteiger partial charge in [-0.25, -0.2) is 4.98 Å². The summed E-state index contributed by atoms with van der Waals surface area (Å²) in [7, 11) is 0.